The van der Waals surface area contributed by atoms with Gasteiger partial charge in [-0.1, -0.05) is 46.7 Å². The highest BCUT2D eigenvalue weighted by Gasteiger charge is 2.18. The molecule has 0 saturated heterocycles. The van der Waals surface area contributed by atoms with E-state index in [2.05, 4.69) is 25.9 Å². The van der Waals surface area contributed by atoms with Gasteiger partial charge in [-0.05, 0) is 36.5 Å². The molecule has 0 aliphatic heterocycles. The number of aromatic nitrogens is 4. The highest BCUT2D eigenvalue weighted by Crippen LogP contribution is 2.32. The van der Waals surface area contributed by atoms with Crippen LogP contribution in [-0.2, 0) is 0 Å². The van der Waals surface area contributed by atoms with Crippen molar-refractivity contribution in [3.8, 4) is 16.3 Å². The maximum absolute atomic E-state index is 12.6. The number of rotatable bonds is 4. The molecule has 2 N–H and O–H groups in total. The molecule has 0 radical (unpaired) electrons. The summed E-state index contributed by atoms with van der Waals surface area (Å²) in [7, 11) is 1.42. The summed E-state index contributed by atoms with van der Waals surface area (Å²) in [4.78, 5) is 13.3. The number of thiocarbonyl (C=S) groups is 1. The fourth-order valence-corrected chi connectivity index (χ4v) is 4.27. The molecule has 4 rings (SSSR count). The van der Waals surface area contributed by atoms with Crippen LogP contribution in [0.15, 0.2) is 42.7 Å². The molecule has 0 aliphatic carbocycles. The second-order valence-electron chi connectivity index (χ2n) is 5.92. The van der Waals surface area contributed by atoms with Gasteiger partial charge < -0.3 is 10.1 Å². The molecule has 2 aromatic heterocycles. The molecule has 152 valence electrons. The number of hydrogen-bond donors (Lipinski definition) is 2. The minimum atomic E-state index is -0.501. The Morgan fingerprint density at radius 2 is 2.10 bits per heavy atom. The number of fused-ring (bicyclic) bond motifs is 1. The third kappa shape index (κ3) is 4.21. The lowest BCUT2D eigenvalue weighted by atomic mass is 10.2. The monoisotopic (exact) mass is 478 g/mol. The first-order valence-corrected chi connectivity index (χ1v) is 10.4. The Bertz CT molecular complexity index is 1240. The number of methoxy groups -OCH3 is 1. The van der Waals surface area contributed by atoms with Crippen LogP contribution in [0, 0.1) is 0 Å². The summed E-state index contributed by atoms with van der Waals surface area (Å²) in [6, 6.07) is 10.4. The Kier molecular flexibility index (Phi) is 5.82. The minimum absolute atomic E-state index is 0.105. The van der Waals surface area contributed by atoms with E-state index in [1.807, 2.05) is 24.3 Å². The molecule has 0 unspecified atom stereocenters. The third-order valence-electron chi connectivity index (χ3n) is 3.94. The van der Waals surface area contributed by atoms with Gasteiger partial charge in [0.1, 0.15) is 17.1 Å². The molecule has 0 saturated carbocycles. The van der Waals surface area contributed by atoms with E-state index >= 15 is 0 Å². The predicted octanol–water partition coefficient (Wildman–Crippen LogP) is 4.30. The Morgan fingerprint density at radius 3 is 2.87 bits per heavy atom. The summed E-state index contributed by atoms with van der Waals surface area (Å²) < 4.78 is 6.81. The van der Waals surface area contributed by atoms with Crippen LogP contribution in [0.4, 0.5) is 5.69 Å². The second-order valence-corrected chi connectivity index (χ2v) is 8.13. The zero-order chi connectivity index (χ0) is 21.3. The minimum Gasteiger partial charge on any atom is -0.494 e. The average molecular weight is 479 g/mol. The van der Waals surface area contributed by atoms with Gasteiger partial charge in [0, 0.05) is 16.3 Å². The molecule has 0 aliphatic rings. The molecule has 30 heavy (non-hydrogen) atoms. The van der Waals surface area contributed by atoms with E-state index in [-0.39, 0.29) is 21.4 Å². The molecule has 0 bridgehead atoms. The number of carbonyl (C=O) groups excluding carboxylic acids is 1. The first kappa shape index (κ1) is 20.5. The summed E-state index contributed by atoms with van der Waals surface area (Å²) >= 11 is 18.8. The normalized spacial score (nSPS) is 10.8. The Morgan fingerprint density at radius 1 is 1.27 bits per heavy atom. The summed E-state index contributed by atoms with van der Waals surface area (Å²) in [5, 5.41) is 19.2. The molecule has 2 heterocycles. The van der Waals surface area contributed by atoms with Gasteiger partial charge in [0.2, 0.25) is 4.96 Å². The molecule has 2 aromatic carbocycles. The van der Waals surface area contributed by atoms with Crippen molar-refractivity contribution in [1.82, 2.24) is 25.1 Å². The molecule has 1 amide bonds. The number of nitrogens with zero attached hydrogens (tertiary/aromatic N) is 4. The molecule has 0 atom stereocenters. The third-order valence-corrected chi connectivity index (χ3v) is 5.60. The lowest BCUT2D eigenvalue weighted by Gasteiger charge is -2.13. The van der Waals surface area contributed by atoms with Crippen LogP contribution in [-0.4, -0.2) is 37.9 Å². The lowest BCUT2D eigenvalue weighted by molar-refractivity contribution is 0.0975. The van der Waals surface area contributed by atoms with Crippen molar-refractivity contribution in [3.05, 3.63) is 58.3 Å². The van der Waals surface area contributed by atoms with Crippen LogP contribution in [0.3, 0.4) is 0 Å². The topological polar surface area (TPSA) is 93.4 Å². The van der Waals surface area contributed by atoms with E-state index in [4.69, 9.17) is 40.2 Å². The van der Waals surface area contributed by atoms with Crippen molar-refractivity contribution in [2.75, 3.05) is 12.4 Å². The van der Waals surface area contributed by atoms with E-state index in [0.717, 1.165) is 10.6 Å². The van der Waals surface area contributed by atoms with Gasteiger partial charge in [-0.25, -0.2) is 0 Å². The number of hydrogen-bond acceptors (Lipinski definition) is 7. The predicted molar refractivity (Wildman–Crippen MR) is 121 cm³/mol. The lowest BCUT2D eigenvalue weighted by Crippen LogP contribution is -2.34. The number of carbonyl (C=O) groups is 1. The van der Waals surface area contributed by atoms with Gasteiger partial charge in [-0.3, -0.25) is 10.1 Å². The Balaban J connectivity index is 1.49. The molecule has 0 spiro atoms. The van der Waals surface area contributed by atoms with Crippen molar-refractivity contribution >= 4 is 68.4 Å². The maximum atomic E-state index is 12.6. The molecular formula is C18H12Cl2N6O2S2. The van der Waals surface area contributed by atoms with Crippen LogP contribution in [0.25, 0.3) is 15.5 Å². The van der Waals surface area contributed by atoms with Crippen molar-refractivity contribution in [1.29, 1.82) is 0 Å². The number of nitrogens with one attached hydrogen (secondary N) is 2. The fourth-order valence-electron chi connectivity index (χ4n) is 2.68. The van der Waals surface area contributed by atoms with Gasteiger partial charge in [-0.15, -0.1) is 10.2 Å². The summed E-state index contributed by atoms with van der Waals surface area (Å²) in [5.74, 6) is -0.287. The van der Waals surface area contributed by atoms with Crippen LogP contribution in [0.5, 0.6) is 5.75 Å². The highest BCUT2D eigenvalue weighted by atomic mass is 35.5. The first-order valence-electron chi connectivity index (χ1n) is 8.37. The second kappa shape index (κ2) is 8.52. The number of benzene rings is 2. The molecule has 12 heteroatoms. The summed E-state index contributed by atoms with van der Waals surface area (Å²) in [6.07, 6.45) is 1.54. The smallest absolute Gasteiger partial charge is 0.261 e. The van der Waals surface area contributed by atoms with Crippen molar-refractivity contribution in [2.45, 2.75) is 0 Å². The van der Waals surface area contributed by atoms with Gasteiger partial charge in [0.05, 0.1) is 17.7 Å². The van der Waals surface area contributed by atoms with Crippen LogP contribution in [0.1, 0.15) is 10.4 Å². The van der Waals surface area contributed by atoms with E-state index < -0.39 is 5.91 Å². The zero-order valence-electron chi connectivity index (χ0n) is 15.2. The van der Waals surface area contributed by atoms with Gasteiger partial charge in [0.25, 0.3) is 5.91 Å². The first-order chi connectivity index (χ1) is 14.4. The summed E-state index contributed by atoms with van der Waals surface area (Å²) in [6.45, 7) is 0. The standard InChI is InChI=1S/C18H12Cl2N6O2S2/c1-28-14-12(6-10(19)7-13(14)20)15(27)23-17(29)22-11-4-2-3-9(5-11)16-25-26-8-21-24-18(26)30-16/h2-8H,1H3,(H2,22,23,27,29). The van der Waals surface area contributed by atoms with Crippen molar-refractivity contribution in [3.63, 3.8) is 0 Å². The number of ether oxygens (including phenoxy) is 1. The SMILES string of the molecule is COc1c(Cl)cc(Cl)cc1C(=O)NC(=S)Nc1cccc(-c2nn3cnnc3s2)c1. The maximum Gasteiger partial charge on any atom is 0.261 e. The highest BCUT2D eigenvalue weighted by molar-refractivity contribution is 7.80. The Hall–Kier alpha value is -2.79. The van der Waals surface area contributed by atoms with Crippen molar-refractivity contribution < 1.29 is 9.53 Å². The van der Waals surface area contributed by atoms with Gasteiger partial charge in [0.15, 0.2) is 5.11 Å². The van der Waals surface area contributed by atoms with E-state index in [1.165, 1.54) is 30.6 Å². The largest absolute Gasteiger partial charge is 0.494 e. The van der Waals surface area contributed by atoms with E-state index in [9.17, 15) is 4.79 Å². The van der Waals surface area contributed by atoms with Crippen LogP contribution >= 0.6 is 46.8 Å². The zero-order valence-corrected chi connectivity index (χ0v) is 18.4. The molecule has 4 aromatic rings. The van der Waals surface area contributed by atoms with E-state index in [1.54, 1.807) is 10.8 Å². The molecule has 0 fully saturated rings. The molecular weight excluding hydrogens is 467 g/mol. The molecule has 8 nitrogen and oxygen atoms in total. The van der Waals surface area contributed by atoms with Crippen LogP contribution < -0.4 is 15.4 Å². The summed E-state index contributed by atoms with van der Waals surface area (Å²) in [5.41, 5.74) is 1.72. The number of anilines is 1. The number of halogens is 2. The van der Waals surface area contributed by atoms with Gasteiger partial charge in [-0.2, -0.15) is 9.61 Å². The average Bonchev–Trinajstić information content (AvgIpc) is 3.29. The van der Waals surface area contributed by atoms with E-state index in [0.29, 0.717) is 15.7 Å². The van der Waals surface area contributed by atoms with Gasteiger partial charge >= 0.3 is 0 Å². The fraction of sp³-hybridized carbons (Fsp3) is 0.0556. The number of amides is 1. The van der Waals surface area contributed by atoms with Crippen molar-refractivity contribution in [2.24, 2.45) is 0 Å². The Labute approximate surface area is 189 Å². The quantitative estimate of drug-likeness (QED) is 0.422. The van der Waals surface area contributed by atoms with Crippen LogP contribution in [0.2, 0.25) is 10.0 Å².